The van der Waals surface area contributed by atoms with Crippen molar-refractivity contribution in [2.24, 2.45) is 0 Å². The molecule has 39 heavy (non-hydrogen) atoms. The predicted molar refractivity (Wildman–Crippen MR) is 160 cm³/mol. The van der Waals surface area contributed by atoms with Crippen LogP contribution in [0.3, 0.4) is 0 Å². The zero-order valence-corrected chi connectivity index (χ0v) is 23.9. The van der Waals surface area contributed by atoms with E-state index in [1.807, 2.05) is 78.3 Å². The number of nitrogens with one attached hydrogen (secondary N) is 1. The lowest BCUT2D eigenvalue weighted by Gasteiger charge is -2.24. The molecule has 1 aromatic heterocycles. The molecule has 3 aromatic carbocycles. The number of carbonyl (C=O) groups is 2. The Morgan fingerprint density at radius 1 is 1.08 bits per heavy atom. The van der Waals surface area contributed by atoms with Gasteiger partial charge in [-0.3, -0.25) is 14.5 Å². The average Bonchev–Trinajstić information content (AvgIpc) is 3.25. The van der Waals surface area contributed by atoms with Gasteiger partial charge in [-0.05, 0) is 55.2 Å². The van der Waals surface area contributed by atoms with Crippen LogP contribution in [-0.2, 0) is 9.59 Å². The average molecular weight is 559 g/mol. The van der Waals surface area contributed by atoms with Crippen LogP contribution < -0.4 is 10.2 Å². The number of benzene rings is 3. The predicted octanol–water partition coefficient (Wildman–Crippen LogP) is 6.50. The van der Waals surface area contributed by atoms with Gasteiger partial charge >= 0.3 is 0 Å². The van der Waals surface area contributed by atoms with Crippen LogP contribution in [0, 0.1) is 13.8 Å². The van der Waals surface area contributed by atoms with Gasteiger partial charge in [0.25, 0.3) is 0 Å². The molecule has 1 aliphatic heterocycles. The molecule has 0 fully saturated rings. The molecule has 0 spiro atoms. The Morgan fingerprint density at radius 3 is 2.59 bits per heavy atom. The minimum Gasteiger partial charge on any atom is -0.355 e. The van der Waals surface area contributed by atoms with Crippen molar-refractivity contribution in [2.75, 3.05) is 23.7 Å². The van der Waals surface area contributed by atoms with Crippen LogP contribution in [0.1, 0.15) is 40.8 Å². The van der Waals surface area contributed by atoms with Crippen LogP contribution in [0.15, 0.2) is 72.8 Å². The molecule has 0 unspecified atom stereocenters. The van der Waals surface area contributed by atoms with Crippen molar-refractivity contribution in [3.05, 3.63) is 100 Å². The zero-order valence-electron chi connectivity index (χ0n) is 22.3. The maximum atomic E-state index is 13.8. The normalized spacial score (nSPS) is 15.1. The Balaban J connectivity index is 1.82. The Bertz CT molecular complexity index is 1520. The first kappa shape index (κ1) is 27.0. The number of aromatic nitrogens is 2. The summed E-state index contributed by atoms with van der Waals surface area (Å²) in [4.78, 5) is 28.4. The van der Waals surface area contributed by atoms with Crippen LogP contribution in [0.5, 0.6) is 0 Å². The van der Waals surface area contributed by atoms with Gasteiger partial charge in [-0.25, -0.2) is 4.68 Å². The molecule has 0 saturated heterocycles. The number of hydrogen-bond donors (Lipinski definition) is 1. The number of thioether (sulfide) groups is 1. The van der Waals surface area contributed by atoms with Crippen molar-refractivity contribution < 1.29 is 9.59 Å². The number of halogens is 1. The first-order valence-corrected chi connectivity index (χ1v) is 14.5. The second-order valence-electron chi connectivity index (χ2n) is 9.66. The first-order chi connectivity index (χ1) is 18.9. The summed E-state index contributed by atoms with van der Waals surface area (Å²) in [5.41, 5.74) is 6.64. The summed E-state index contributed by atoms with van der Waals surface area (Å²) in [6.07, 6.45) is 0.816. The van der Waals surface area contributed by atoms with Crippen molar-refractivity contribution in [3.63, 3.8) is 0 Å². The van der Waals surface area contributed by atoms with Gasteiger partial charge in [0.2, 0.25) is 11.8 Å². The highest BCUT2D eigenvalue weighted by Gasteiger charge is 2.38. The fourth-order valence-electron chi connectivity index (χ4n) is 4.86. The molecule has 0 bridgehead atoms. The first-order valence-electron chi connectivity index (χ1n) is 13.1. The van der Waals surface area contributed by atoms with Gasteiger partial charge in [-0.1, -0.05) is 73.1 Å². The molecule has 1 N–H and O–H groups in total. The SMILES string of the molecule is CCCNC(=O)CN1C(=O)CS[C@@H](c2cccc(Cl)c2)c2c(-c3ccccc3)nn(-c3cccc(C)c3C)c21. The third kappa shape index (κ3) is 5.47. The lowest BCUT2D eigenvalue weighted by Crippen LogP contribution is -2.42. The van der Waals surface area contributed by atoms with E-state index >= 15 is 0 Å². The fraction of sp³-hybridized carbons (Fsp3) is 0.258. The molecule has 2 heterocycles. The van der Waals surface area contributed by atoms with Crippen LogP contribution in [0.4, 0.5) is 5.82 Å². The number of aryl methyl sites for hydroxylation is 1. The number of carbonyl (C=O) groups excluding carboxylic acids is 2. The Morgan fingerprint density at radius 2 is 1.85 bits per heavy atom. The molecule has 0 saturated carbocycles. The number of nitrogens with zero attached hydrogens (tertiary/aromatic N) is 3. The van der Waals surface area contributed by atoms with Gasteiger partial charge in [-0.2, -0.15) is 5.10 Å². The smallest absolute Gasteiger partial charge is 0.240 e. The molecule has 0 radical (unpaired) electrons. The highest BCUT2D eigenvalue weighted by atomic mass is 35.5. The van der Waals surface area contributed by atoms with Gasteiger partial charge in [0.05, 0.1) is 22.4 Å². The molecule has 5 rings (SSSR count). The summed E-state index contributed by atoms with van der Waals surface area (Å²) < 4.78 is 1.86. The summed E-state index contributed by atoms with van der Waals surface area (Å²) >= 11 is 7.98. The standard InChI is InChI=1S/C31H31ClN4O2S/c1-4-16-33-26(37)18-35-27(38)19-39-30(23-13-9-14-24(32)17-23)28-29(22-11-6-5-7-12-22)34-36(31(28)35)25-15-8-10-20(2)21(25)3/h5-15,17,30H,4,16,18-19H2,1-3H3,(H,33,37)/t30-/m0/s1. The lowest BCUT2D eigenvalue weighted by molar-refractivity contribution is -0.122. The van der Waals surface area contributed by atoms with Gasteiger partial charge in [-0.15, -0.1) is 11.8 Å². The summed E-state index contributed by atoms with van der Waals surface area (Å²) in [5.74, 6) is 0.503. The highest BCUT2D eigenvalue weighted by molar-refractivity contribution is 8.00. The summed E-state index contributed by atoms with van der Waals surface area (Å²) in [5, 5.41) is 8.51. The van der Waals surface area contributed by atoms with E-state index in [1.54, 1.807) is 4.90 Å². The quantitative estimate of drug-likeness (QED) is 0.281. The Hall–Kier alpha value is -3.55. The van der Waals surface area contributed by atoms with Crippen LogP contribution in [0.2, 0.25) is 5.02 Å². The maximum absolute atomic E-state index is 13.8. The topological polar surface area (TPSA) is 67.2 Å². The number of anilines is 1. The summed E-state index contributed by atoms with van der Waals surface area (Å²) in [6, 6.07) is 23.8. The van der Waals surface area contributed by atoms with Crippen molar-refractivity contribution in [1.82, 2.24) is 15.1 Å². The van der Waals surface area contributed by atoms with E-state index in [4.69, 9.17) is 16.7 Å². The van der Waals surface area contributed by atoms with E-state index in [1.165, 1.54) is 11.8 Å². The second kappa shape index (κ2) is 11.7. The maximum Gasteiger partial charge on any atom is 0.240 e. The largest absolute Gasteiger partial charge is 0.355 e. The molecule has 0 aliphatic carbocycles. The fourth-order valence-corrected chi connectivity index (χ4v) is 6.24. The van der Waals surface area contributed by atoms with Crippen molar-refractivity contribution >= 4 is 41.0 Å². The molecule has 8 heteroatoms. The van der Waals surface area contributed by atoms with Crippen molar-refractivity contribution in [3.8, 4) is 16.9 Å². The van der Waals surface area contributed by atoms with Gasteiger partial charge in [0.1, 0.15) is 12.4 Å². The lowest BCUT2D eigenvalue weighted by atomic mass is 9.99. The number of rotatable bonds is 7. The summed E-state index contributed by atoms with van der Waals surface area (Å²) in [6.45, 7) is 6.59. The number of amides is 2. The molecule has 6 nitrogen and oxygen atoms in total. The minimum absolute atomic E-state index is 0.0839. The molecular weight excluding hydrogens is 528 g/mol. The molecule has 1 atom stereocenters. The van der Waals surface area contributed by atoms with E-state index in [9.17, 15) is 9.59 Å². The Kier molecular flexibility index (Phi) is 8.10. The van der Waals surface area contributed by atoms with Crippen molar-refractivity contribution in [2.45, 2.75) is 32.4 Å². The van der Waals surface area contributed by atoms with E-state index in [-0.39, 0.29) is 29.4 Å². The molecular formula is C31H31ClN4O2S. The van der Waals surface area contributed by atoms with Gasteiger partial charge < -0.3 is 5.32 Å². The molecule has 200 valence electrons. The molecule has 2 amide bonds. The van der Waals surface area contributed by atoms with Crippen LogP contribution in [0.25, 0.3) is 16.9 Å². The third-order valence-electron chi connectivity index (χ3n) is 6.97. The molecule has 1 aliphatic rings. The summed E-state index contributed by atoms with van der Waals surface area (Å²) in [7, 11) is 0. The van der Waals surface area contributed by atoms with E-state index in [0.717, 1.165) is 45.6 Å². The third-order valence-corrected chi connectivity index (χ3v) is 8.46. The van der Waals surface area contributed by atoms with E-state index < -0.39 is 0 Å². The van der Waals surface area contributed by atoms with Crippen LogP contribution in [-0.4, -0.2) is 40.4 Å². The van der Waals surface area contributed by atoms with Crippen molar-refractivity contribution in [1.29, 1.82) is 0 Å². The van der Waals surface area contributed by atoms with Crippen LogP contribution >= 0.6 is 23.4 Å². The second-order valence-corrected chi connectivity index (χ2v) is 11.2. The van der Waals surface area contributed by atoms with Gasteiger partial charge in [0.15, 0.2) is 0 Å². The van der Waals surface area contributed by atoms with Gasteiger partial charge in [0, 0.05) is 22.7 Å². The number of fused-ring (bicyclic) bond motifs is 1. The number of hydrogen-bond acceptors (Lipinski definition) is 4. The van der Waals surface area contributed by atoms with E-state index in [0.29, 0.717) is 17.4 Å². The highest BCUT2D eigenvalue weighted by Crippen LogP contribution is 2.49. The van der Waals surface area contributed by atoms with E-state index in [2.05, 4.69) is 25.2 Å². The monoisotopic (exact) mass is 558 g/mol. The minimum atomic E-state index is -0.222. The molecule has 4 aromatic rings. The zero-order chi connectivity index (χ0) is 27.5. The Labute approximate surface area is 238 Å².